The van der Waals surface area contributed by atoms with Crippen LogP contribution >= 0.6 is 0 Å². The Labute approximate surface area is 258 Å². The van der Waals surface area contributed by atoms with Gasteiger partial charge in [0.2, 0.25) is 0 Å². The van der Waals surface area contributed by atoms with Crippen LogP contribution in [0.3, 0.4) is 0 Å². The van der Waals surface area contributed by atoms with Gasteiger partial charge in [0.15, 0.2) is 6.10 Å². The van der Waals surface area contributed by atoms with Crippen LogP contribution in [0.5, 0.6) is 5.75 Å². The highest BCUT2D eigenvalue weighted by atomic mass is 16.5. The van der Waals surface area contributed by atoms with Crippen LogP contribution in [-0.4, -0.2) is 43.5 Å². The van der Waals surface area contributed by atoms with E-state index in [9.17, 15) is 4.79 Å². The first-order valence-electron chi connectivity index (χ1n) is 15.7. The third-order valence-electron chi connectivity index (χ3n) is 9.49. The van der Waals surface area contributed by atoms with Gasteiger partial charge in [0.1, 0.15) is 17.4 Å². The lowest BCUT2D eigenvalue weighted by molar-refractivity contribution is -0.155. The van der Waals surface area contributed by atoms with Gasteiger partial charge in [0.05, 0.1) is 17.0 Å². The molecule has 1 fully saturated rings. The summed E-state index contributed by atoms with van der Waals surface area (Å²) >= 11 is 0. The van der Waals surface area contributed by atoms with Crippen molar-refractivity contribution >= 4 is 27.9 Å². The van der Waals surface area contributed by atoms with E-state index in [1.807, 2.05) is 32.3 Å². The summed E-state index contributed by atoms with van der Waals surface area (Å²) in [6.45, 7) is 8.72. The summed E-state index contributed by atoms with van der Waals surface area (Å²) in [5, 5.41) is 9.73. The summed E-state index contributed by atoms with van der Waals surface area (Å²) in [5.41, 5.74) is 9.24. The summed E-state index contributed by atoms with van der Waals surface area (Å²) in [6, 6.07) is 18.9. The van der Waals surface area contributed by atoms with Gasteiger partial charge in [-0.15, -0.1) is 5.10 Å². The van der Waals surface area contributed by atoms with E-state index in [2.05, 4.69) is 76.5 Å². The highest BCUT2D eigenvalue weighted by Gasteiger charge is 2.31. The SMILES string of the molecule is CC[C@@H]1CN(Cc2cc(C(OC(=O)C3CCC3)c3ccc4c(nnn4C)c3C)ccc2C)Cc2cc3ncccc3cc2O1. The van der Waals surface area contributed by atoms with Crippen LogP contribution < -0.4 is 4.74 Å². The van der Waals surface area contributed by atoms with E-state index >= 15 is 0 Å². The molecule has 226 valence electrons. The van der Waals surface area contributed by atoms with Gasteiger partial charge in [-0.2, -0.15) is 0 Å². The van der Waals surface area contributed by atoms with Gasteiger partial charge >= 0.3 is 5.97 Å². The molecule has 0 radical (unpaired) electrons. The first-order valence-corrected chi connectivity index (χ1v) is 15.7. The predicted octanol–water partition coefficient (Wildman–Crippen LogP) is 6.74. The Kier molecular flexibility index (Phi) is 7.54. The summed E-state index contributed by atoms with van der Waals surface area (Å²) in [4.78, 5) is 20.3. The summed E-state index contributed by atoms with van der Waals surface area (Å²) < 4.78 is 14.7. The zero-order chi connectivity index (χ0) is 30.4. The number of rotatable bonds is 7. The molecule has 1 aliphatic heterocycles. The second-order valence-corrected chi connectivity index (χ2v) is 12.5. The predicted molar refractivity (Wildman–Crippen MR) is 170 cm³/mol. The average molecular weight is 590 g/mol. The number of ether oxygens (including phenoxy) is 2. The molecule has 1 unspecified atom stereocenters. The van der Waals surface area contributed by atoms with Gasteiger partial charge in [-0.25, -0.2) is 4.68 Å². The molecule has 8 heteroatoms. The Balaban J connectivity index is 1.23. The van der Waals surface area contributed by atoms with E-state index < -0.39 is 6.10 Å². The van der Waals surface area contributed by atoms with Gasteiger partial charge in [0.25, 0.3) is 0 Å². The van der Waals surface area contributed by atoms with E-state index in [1.54, 1.807) is 4.68 Å². The molecule has 2 aliphatic rings. The number of aryl methyl sites for hydroxylation is 3. The maximum atomic E-state index is 13.3. The number of benzene rings is 3. The Morgan fingerprint density at radius 3 is 2.77 bits per heavy atom. The van der Waals surface area contributed by atoms with Gasteiger partial charge < -0.3 is 9.47 Å². The van der Waals surface area contributed by atoms with Crippen LogP contribution in [0.25, 0.3) is 21.9 Å². The molecule has 7 rings (SSSR count). The Bertz CT molecular complexity index is 1860. The fourth-order valence-corrected chi connectivity index (χ4v) is 6.49. The molecular formula is C36H39N5O3. The van der Waals surface area contributed by atoms with E-state index in [-0.39, 0.29) is 18.0 Å². The number of aromatic nitrogens is 4. The second kappa shape index (κ2) is 11.7. The van der Waals surface area contributed by atoms with Crippen molar-refractivity contribution in [2.45, 2.75) is 71.8 Å². The van der Waals surface area contributed by atoms with E-state index in [0.717, 1.165) is 95.3 Å². The molecule has 3 aromatic carbocycles. The Morgan fingerprint density at radius 1 is 1.11 bits per heavy atom. The van der Waals surface area contributed by atoms with Crippen LogP contribution in [0.15, 0.2) is 60.8 Å². The second-order valence-electron chi connectivity index (χ2n) is 12.5. The lowest BCUT2D eigenvalue weighted by Gasteiger charge is -2.28. The molecule has 0 saturated heterocycles. The molecule has 0 spiro atoms. The zero-order valence-corrected chi connectivity index (χ0v) is 25.9. The third-order valence-corrected chi connectivity index (χ3v) is 9.49. The lowest BCUT2D eigenvalue weighted by atomic mass is 9.85. The van der Waals surface area contributed by atoms with Crippen LogP contribution in [-0.2, 0) is 29.7 Å². The number of fused-ring (bicyclic) bond motifs is 3. The number of hydrogen-bond acceptors (Lipinski definition) is 7. The van der Waals surface area contributed by atoms with Gasteiger partial charge in [0, 0.05) is 49.4 Å². The molecule has 2 atom stereocenters. The highest BCUT2D eigenvalue weighted by molar-refractivity contribution is 5.82. The Hall–Kier alpha value is -4.30. The molecule has 0 amide bonds. The monoisotopic (exact) mass is 589 g/mol. The number of carbonyl (C=O) groups excluding carboxylic acids is 1. The minimum atomic E-state index is -0.525. The molecule has 1 aliphatic carbocycles. The summed E-state index contributed by atoms with van der Waals surface area (Å²) in [6.07, 6.45) is 5.20. The average Bonchev–Trinajstić information content (AvgIpc) is 3.28. The van der Waals surface area contributed by atoms with Crippen molar-refractivity contribution < 1.29 is 14.3 Å². The van der Waals surface area contributed by atoms with Crippen molar-refractivity contribution in [1.29, 1.82) is 0 Å². The molecule has 0 bridgehead atoms. The number of pyridine rings is 1. The van der Waals surface area contributed by atoms with Gasteiger partial charge in [-0.05, 0) is 79.6 Å². The third kappa shape index (κ3) is 5.32. The first kappa shape index (κ1) is 28.5. The van der Waals surface area contributed by atoms with E-state index in [4.69, 9.17) is 9.47 Å². The topological polar surface area (TPSA) is 82.4 Å². The zero-order valence-electron chi connectivity index (χ0n) is 25.9. The highest BCUT2D eigenvalue weighted by Crippen LogP contribution is 2.37. The maximum Gasteiger partial charge on any atom is 0.309 e. The van der Waals surface area contributed by atoms with Crippen LogP contribution in [0.1, 0.15) is 72.1 Å². The minimum Gasteiger partial charge on any atom is -0.489 e. The minimum absolute atomic E-state index is 0.0170. The number of carbonyl (C=O) groups is 1. The first-order chi connectivity index (χ1) is 21.4. The van der Waals surface area contributed by atoms with E-state index in [1.165, 1.54) is 11.1 Å². The molecule has 1 saturated carbocycles. The standard InChI is InChI=1S/C36H39N5O3/c1-5-29-21-41(20-28-17-31-25(10-7-15-37-31)18-33(28)43-29)19-27-16-26(12-11-22(27)2)35(44-36(42)24-8-6-9-24)30-13-14-32-34(23(30)3)38-39-40(32)4/h7,10-18,24,29,35H,5-6,8-9,19-21H2,1-4H3/t29-,35?/m1/s1. The molecule has 3 heterocycles. The van der Waals surface area contributed by atoms with Crippen LogP contribution in [0.2, 0.25) is 0 Å². The van der Waals surface area contributed by atoms with Gasteiger partial charge in [-0.1, -0.05) is 48.9 Å². The van der Waals surface area contributed by atoms with Crippen LogP contribution in [0, 0.1) is 19.8 Å². The van der Waals surface area contributed by atoms with Crippen LogP contribution in [0.4, 0.5) is 0 Å². The summed E-state index contributed by atoms with van der Waals surface area (Å²) in [7, 11) is 1.89. The van der Waals surface area contributed by atoms with Crippen molar-refractivity contribution in [3.05, 3.63) is 94.2 Å². The normalized spacial score (nSPS) is 18.0. The number of nitrogens with zero attached hydrogens (tertiary/aromatic N) is 5. The molecule has 8 nitrogen and oxygen atoms in total. The molecule has 0 N–H and O–H groups in total. The Morgan fingerprint density at radius 2 is 1.98 bits per heavy atom. The quantitative estimate of drug-likeness (QED) is 0.195. The molecule has 44 heavy (non-hydrogen) atoms. The summed E-state index contributed by atoms with van der Waals surface area (Å²) in [5.74, 6) is 0.815. The lowest BCUT2D eigenvalue weighted by Crippen LogP contribution is -2.32. The van der Waals surface area contributed by atoms with Crippen molar-refractivity contribution in [1.82, 2.24) is 24.9 Å². The van der Waals surface area contributed by atoms with Crippen molar-refractivity contribution in [2.75, 3.05) is 6.54 Å². The largest absolute Gasteiger partial charge is 0.489 e. The number of hydrogen-bond donors (Lipinski definition) is 0. The van der Waals surface area contributed by atoms with Gasteiger partial charge in [-0.3, -0.25) is 14.7 Å². The van der Waals surface area contributed by atoms with E-state index in [0.29, 0.717) is 0 Å². The molecular weight excluding hydrogens is 550 g/mol. The maximum absolute atomic E-state index is 13.3. The smallest absolute Gasteiger partial charge is 0.309 e. The van der Waals surface area contributed by atoms with Crippen molar-refractivity contribution in [2.24, 2.45) is 13.0 Å². The van der Waals surface area contributed by atoms with Crippen molar-refractivity contribution in [3.8, 4) is 5.75 Å². The fourth-order valence-electron chi connectivity index (χ4n) is 6.49. The van der Waals surface area contributed by atoms with Crippen molar-refractivity contribution in [3.63, 3.8) is 0 Å². The molecule has 5 aromatic rings. The fraction of sp³-hybridized carbons (Fsp3) is 0.389. The number of esters is 1. The molecule has 2 aromatic heterocycles.